The molecule has 48 heavy (non-hydrogen) atoms. The molecule has 0 aliphatic rings. The lowest BCUT2D eigenvalue weighted by atomic mass is 10.0. The Morgan fingerprint density at radius 2 is 1.02 bits per heavy atom. The summed E-state index contributed by atoms with van der Waals surface area (Å²) in [6.07, 6.45) is 16.7. The summed E-state index contributed by atoms with van der Waals surface area (Å²) >= 11 is 0. The van der Waals surface area contributed by atoms with Gasteiger partial charge < -0.3 is 18.9 Å². The first-order valence-electron chi connectivity index (χ1n) is 18.3. The van der Waals surface area contributed by atoms with Gasteiger partial charge in [0.15, 0.2) is 6.10 Å². The molecule has 0 bridgehead atoms. The molecule has 0 aromatic heterocycles. The quantitative estimate of drug-likeness (QED) is 0.0573. The zero-order valence-corrected chi connectivity index (χ0v) is 30.1. The predicted molar refractivity (Wildman–Crippen MR) is 195 cm³/mol. The Morgan fingerprint density at radius 1 is 0.583 bits per heavy atom. The Hall–Kier alpha value is -3.64. The summed E-state index contributed by atoms with van der Waals surface area (Å²) in [5.74, 6) is 0.987. The first-order chi connectivity index (χ1) is 23.3. The summed E-state index contributed by atoms with van der Waals surface area (Å²) in [6, 6.07) is 18.4. The summed E-state index contributed by atoms with van der Waals surface area (Å²) in [5, 5.41) is 0. The molecule has 0 aliphatic heterocycles. The number of aryl methyl sites for hydroxylation is 2. The van der Waals surface area contributed by atoms with Crippen molar-refractivity contribution in [2.24, 2.45) is 0 Å². The van der Waals surface area contributed by atoms with E-state index in [1.54, 1.807) is 31.2 Å². The van der Waals surface area contributed by atoms with E-state index in [0.29, 0.717) is 30.3 Å². The van der Waals surface area contributed by atoms with Gasteiger partial charge in [-0.15, -0.1) is 0 Å². The van der Waals surface area contributed by atoms with E-state index in [4.69, 9.17) is 18.9 Å². The van der Waals surface area contributed by atoms with Crippen LogP contribution in [-0.4, -0.2) is 31.3 Å². The van der Waals surface area contributed by atoms with Crippen LogP contribution < -0.4 is 14.2 Å². The molecule has 3 rings (SSSR count). The largest absolute Gasteiger partial charge is 0.493 e. The molecule has 6 heteroatoms. The first kappa shape index (κ1) is 38.8. The van der Waals surface area contributed by atoms with Crippen molar-refractivity contribution in [1.82, 2.24) is 0 Å². The maximum absolute atomic E-state index is 13.0. The summed E-state index contributed by atoms with van der Waals surface area (Å²) in [6.45, 7) is 11.3. The summed E-state index contributed by atoms with van der Waals surface area (Å²) in [5.41, 5.74) is 4.27. The molecule has 0 heterocycles. The van der Waals surface area contributed by atoms with Crippen molar-refractivity contribution in [2.45, 2.75) is 131 Å². The number of hydrogen-bond acceptors (Lipinski definition) is 6. The van der Waals surface area contributed by atoms with Crippen LogP contribution in [0.3, 0.4) is 0 Å². The molecule has 0 radical (unpaired) electrons. The number of unbranched alkanes of at least 4 members (excludes halogenated alkanes) is 12. The number of benzene rings is 3. The van der Waals surface area contributed by atoms with Crippen LogP contribution in [0.25, 0.3) is 11.1 Å². The van der Waals surface area contributed by atoms with Crippen LogP contribution in [0, 0.1) is 13.8 Å². The van der Waals surface area contributed by atoms with Crippen molar-refractivity contribution >= 4 is 11.9 Å². The van der Waals surface area contributed by atoms with E-state index in [1.165, 1.54) is 64.2 Å². The van der Waals surface area contributed by atoms with E-state index in [0.717, 1.165) is 53.7 Å². The van der Waals surface area contributed by atoms with Gasteiger partial charge in [-0.2, -0.15) is 0 Å². The SMILES string of the molecule is CCCCCCCCCCCCOc1c(C)cc(C(=O)Oc2ccc(-c3ccc(OC(=O)C(C)OCCCCCC)cc3)cc2)cc1C. The predicted octanol–water partition coefficient (Wildman–Crippen LogP) is 11.4. The van der Waals surface area contributed by atoms with E-state index < -0.39 is 18.0 Å². The van der Waals surface area contributed by atoms with Crippen LogP contribution >= 0.6 is 0 Å². The normalized spacial score (nSPS) is 11.7. The smallest absolute Gasteiger partial charge is 0.343 e. The minimum atomic E-state index is -0.611. The van der Waals surface area contributed by atoms with Gasteiger partial charge in [0, 0.05) is 6.61 Å². The van der Waals surface area contributed by atoms with E-state index in [1.807, 2.05) is 50.2 Å². The van der Waals surface area contributed by atoms with Crippen LogP contribution in [0.15, 0.2) is 60.7 Å². The zero-order valence-electron chi connectivity index (χ0n) is 30.1. The van der Waals surface area contributed by atoms with Crippen LogP contribution in [0.1, 0.15) is 132 Å². The highest BCUT2D eigenvalue weighted by Gasteiger charge is 2.17. The molecule has 0 amide bonds. The Morgan fingerprint density at radius 3 is 1.54 bits per heavy atom. The molecular formula is C42H58O6. The zero-order chi connectivity index (χ0) is 34.6. The molecule has 3 aromatic carbocycles. The van der Waals surface area contributed by atoms with Gasteiger partial charge in [-0.25, -0.2) is 9.59 Å². The van der Waals surface area contributed by atoms with Crippen LogP contribution in [-0.2, 0) is 9.53 Å². The standard InChI is InChI=1S/C42H58O6/c1-6-8-10-12-13-14-15-16-17-19-29-46-40-32(3)30-37(31-33(40)4)42(44)48-39-26-22-36(23-27-39)35-20-24-38(25-21-35)47-41(43)34(5)45-28-18-11-9-7-2/h20-27,30-31,34H,6-19,28-29H2,1-5H3. The summed E-state index contributed by atoms with van der Waals surface area (Å²) < 4.78 is 22.9. The molecule has 0 aliphatic carbocycles. The van der Waals surface area contributed by atoms with Crippen LogP contribution in [0.2, 0.25) is 0 Å². The highest BCUT2D eigenvalue weighted by molar-refractivity contribution is 5.92. The molecule has 6 nitrogen and oxygen atoms in total. The lowest BCUT2D eigenvalue weighted by molar-refractivity contribution is -0.146. The molecule has 3 aromatic rings. The van der Waals surface area contributed by atoms with Gasteiger partial charge in [-0.1, -0.05) is 115 Å². The van der Waals surface area contributed by atoms with Crippen molar-refractivity contribution in [3.8, 4) is 28.4 Å². The molecule has 0 saturated heterocycles. The monoisotopic (exact) mass is 658 g/mol. The van der Waals surface area contributed by atoms with E-state index in [9.17, 15) is 9.59 Å². The maximum Gasteiger partial charge on any atom is 0.343 e. The molecule has 0 N–H and O–H groups in total. The number of esters is 2. The van der Waals surface area contributed by atoms with Gasteiger partial charge in [0.25, 0.3) is 0 Å². The Bertz CT molecular complexity index is 1340. The lowest BCUT2D eigenvalue weighted by Gasteiger charge is -2.14. The molecule has 0 fully saturated rings. The summed E-state index contributed by atoms with van der Waals surface area (Å²) in [4.78, 5) is 25.4. The Kier molecular flexibility index (Phi) is 17.9. The average Bonchev–Trinajstić information content (AvgIpc) is 3.08. The Balaban J connectivity index is 1.42. The first-order valence-corrected chi connectivity index (χ1v) is 18.3. The van der Waals surface area contributed by atoms with Crippen molar-refractivity contribution < 1.29 is 28.5 Å². The number of rotatable bonds is 23. The number of carbonyl (C=O) groups is 2. The van der Waals surface area contributed by atoms with Gasteiger partial charge in [0.1, 0.15) is 17.2 Å². The second-order valence-electron chi connectivity index (χ2n) is 12.9. The number of hydrogen-bond donors (Lipinski definition) is 0. The lowest BCUT2D eigenvalue weighted by Crippen LogP contribution is -2.26. The molecule has 262 valence electrons. The maximum atomic E-state index is 13.0. The fourth-order valence-corrected chi connectivity index (χ4v) is 5.71. The van der Waals surface area contributed by atoms with Gasteiger partial charge >= 0.3 is 11.9 Å². The van der Waals surface area contributed by atoms with Crippen LogP contribution in [0.4, 0.5) is 0 Å². The molecule has 1 unspecified atom stereocenters. The minimum Gasteiger partial charge on any atom is -0.493 e. The van der Waals surface area contributed by atoms with E-state index in [-0.39, 0.29) is 0 Å². The average molecular weight is 659 g/mol. The van der Waals surface area contributed by atoms with Gasteiger partial charge in [-0.05, 0) is 92.3 Å². The fourth-order valence-electron chi connectivity index (χ4n) is 5.71. The summed E-state index contributed by atoms with van der Waals surface area (Å²) in [7, 11) is 0. The van der Waals surface area contributed by atoms with Gasteiger partial charge in [0.05, 0.1) is 12.2 Å². The molecule has 0 spiro atoms. The Labute approximate surface area is 289 Å². The minimum absolute atomic E-state index is 0.402. The van der Waals surface area contributed by atoms with Crippen molar-refractivity contribution in [3.05, 3.63) is 77.4 Å². The highest BCUT2D eigenvalue weighted by Crippen LogP contribution is 2.28. The molecule has 0 saturated carbocycles. The second-order valence-corrected chi connectivity index (χ2v) is 12.9. The third-order valence-corrected chi connectivity index (χ3v) is 8.61. The van der Waals surface area contributed by atoms with Gasteiger partial charge in [-0.3, -0.25) is 0 Å². The topological polar surface area (TPSA) is 71.1 Å². The van der Waals surface area contributed by atoms with Crippen molar-refractivity contribution in [1.29, 1.82) is 0 Å². The highest BCUT2D eigenvalue weighted by atomic mass is 16.6. The van der Waals surface area contributed by atoms with E-state index in [2.05, 4.69) is 13.8 Å². The fraction of sp³-hybridized carbons (Fsp3) is 0.524. The molecular weight excluding hydrogens is 600 g/mol. The third kappa shape index (κ3) is 13.8. The van der Waals surface area contributed by atoms with Crippen molar-refractivity contribution in [3.63, 3.8) is 0 Å². The number of ether oxygens (including phenoxy) is 4. The number of carbonyl (C=O) groups excluding carboxylic acids is 2. The van der Waals surface area contributed by atoms with E-state index >= 15 is 0 Å². The van der Waals surface area contributed by atoms with Crippen molar-refractivity contribution in [2.75, 3.05) is 13.2 Å². The van der Waals surface area contributed by atoms with Gasteiger partial charge in [0.2, 0.25) is 0 Å². The van der Waals surface area contributed by atoms with Crippen LogP contribution in [0.5, 0.6) is 17.2 Å². The molecule has 1 atom stereocenters. The second kappa shape index (κ2) is 22.1. The third-order valence-electron chi connectivity index (χ3n) is 8.61.